The van der Waals surface area contributed by atoms with Gasteiger partial charge in [0.25, 0.3) is 5.91 Å². The fraction of sp³-hybridized carbons (Fsp3) is 0.133. The van der Waals surface area contributed by atoms with Crippen LogP contribution >= 0.6 is 34.8 Å². The summed E-state index contributed by atoms with van der Waals surface area (Å²) >= 11 is 18.0. The lowest BCUT2D eigenvalue weighted by molar-refractivity contribution is -0.122. The minimum atomic E-state index is -0.753. The van der Waals surface area contributed by atoms with Gasteiger partial charge in [0.1, 0.15) is 5.75 Å². The molecule has 2 aromatic rings. The van der Waals surface area contributed by atoms with Crippen molar-refractivity contribution in [1.82, 2.24) is 0 Å². The summed E-state index contributed by atoms with van der Waals surface area (Å²) in [6.45, 7) is 1.61. The first-order chi connectivity index (χ1) is 9.99. The van der Waals surface area contributed by atoms with Crippen molar-refractivity contribution in [3.63, 3.8) is 0 Å². The van der Waals surface area contributed by atoms with Crippen molar-refractivity contribution in [2.45, 2.75) is 13.0 Å². The second kappa shape index (κ2) is 7.03. The molecule has 1 amide bonds. The number of carbonyl (C=O) groups excluding carboxylic acids is 1. The second-order valence-electron chi connectivity index (χ2n) is 4.28. The second-order valence-corrected chi connectivity index (χ2v) is 5.50. The molecule has 2 aromatic carbocycles. The number of rotatable bonds is 4. The lowest BCUT2D eigenvalue weighted by Crippen LogP contribution is -2.30. The van der Waals surface area contributed by atoms with Crippen LogP contribution < -0.4 is 10.1 Å². The Balaban J connectivity index is 2.08. The lowest BCUT2D eigenvalue weighted by Gasteiger charge is -2.16. The summed E-state index contributed by atoms with van der Waals surface area (Å²) in [7, 11) is 0. The van der Waals surface area contributed by atoms with Crippen LogP contribution in [0.15, 0.2) is 42.5 Å². The third-order valence-electron chi connectivity index (χ3n) is 2.72. The van der Waals surface area contributed by atoms with E-state index in [0.717, 1.165) is 0 Å². The zero-order valence-corrected chi connectivity index (χ0v) is 13.3. The summed E-state index contributed by atoms with van der Waals surface area (Å²) in [5.41, 5.74) is 0.362. The quantitative estimate of drug-likeness (QED) is 0.842. The Morgan fingerprint density at radius 1 is 1.00 bits per heavy atom. The van der Waals surface area contributed by atoms with E-state index in [4.69, 9.17) is 39.5 Å². The molecule has 0 aliphatic carbocycles. The highest BCUT2D eigenvalue weighted by molar-refractivity contribution is 6.39. The van der Waals surface area contributed by atoms with Crippen molar-refractivity contribution >= 4 is 46.4 Å². The Hall–Kier alpha value is -1.42. The standard InChI is InChI=1S/C15H12Cl3NO2/c1-9(21-13-8-3-2-5-10(13)16)15(20)19-14-11(17)6-4-7-12(14)18/h2-9H,1H3,(H,19,20)/t9-/m0/s1. The zero-order chi connectivity index (χ0) is 15.4. The van der Waals surface area contributed by atoms with Crippen LogP contribution in [0.5, 0.6) is 5.75 Å². The van der Waals surface area contributed by atoms with Gasteiger partial charge < -0.3 is 10.1 Å². The molecule has 0 radical (unpaired) electrons. The topological polar surface area (TPSA) is 38.3 Å². The van der Waals surface area contributed by atoms with Gasteiger partial charge in [-0.1, -0.05) is 53.0 Å². The third kappa shape index (κ3) is 4.03. The van der Waals surface area contributed by atoms with Gasteiger partial charge in [0.2, 0.25) is 0 Å². The summed E-state index contributed by atoms with van der Waals surface area (Å²) < 4.78 is 5.53. The number of halogens is 3. The van der Waals surface area contributed by atoms with Crippen LogP contribution in [0.1, 0.15) is 6.92 Å². The number of benzene rings is 2. The highest BCUT2D eigenvalue weighted by atomic mass is 35.5. The van der Waals surface area contributed by atoms with Gasteiger partial charge in [-0.2, -0.15) is 0 Å². The van der Waals surface area contributed by atoms with E-state index < -0.39 is 6.10 Å². The molecular weight excluding hydrogens is 333 g/mol. The van der Waals surface area contributed by atoms with Gasteiger partial charge in [-0.3, -0.25) is 4.79 Å². The van der Waals surface area contributed by atoms with E-state index in [1.54, 1.807) is 49.4 Å². The van der Waals surface area contributed by atoms with Crippen molar-refractivity contribution < 1.29 is 9.53 Å². The van der Waals surface area contributed by atoms with Gasteiger partial charge >= 0.3 is 0 Å². The average molecular weight is 345 g/mol. The van der Waals surface area contributed by atoms with Crippen LogP contribution in [0, 0.1) is 0 Å². The molecule has 3 nitrogen and oxygen atoms in total. The number of carbonyl (C=O) groups is 1. The highest BCUT2D eigenvalue weighted by Crippen LogP contribution is 2.30. The molecule has 0 aliphatic rings. The molecule has 1 N–H and O–H groups in total. The molecule has 0 saturated heterocycles. The predicted octanol–water partition coefficient (Wildman–Crippen LogP) is 5.05. The average Bonchev–Trinajstić information content (AvgIpc) is 2.45. The van der Waals surface area contributed by atoms with Gasteiger partial charge in [-0.25, -0.2) is 0 Å². The molecule has 0 bridgehead atoms. The van der Waals surface area contributed by atoms with Crippen molar-refractivity contribution in [3.05, 3.63) is 57.5 Å². The van der Waals surface area contributed by atoms with Crippen LogP contribution in [0.3, 0.4) is 0 Å². The smallest absolute Gasteiger partial charge is 0.265 e. The Kier molecular flexibility index (Phi) is 5.34. The number of nitrogens with one attached hydrogen (secondary N) is 1. The van der Waals surface area contributed by atoms with Crippen LogP contribution in [0.25, 0.3) is 0 Å². The maximum absolute atomic E-state index is 12.1. The summed E-state index contributed by atoms with van der Waals surface area (Å²) in [5.74, 6) is 0.0667. The van der Waals surface area contributed by atoms with Crippen LogP contribution in [-0.2, 0) is 4.79 Å². The Morgan fingerprint density at radius 3 is 2.19 bits per heavy atom. The molecule has 110 valence electrons. The maximum atomic E-state index is 12.1. The molecule has 0 heterocycles. The zero-order valence-electron chi connectivity index (χ0n) is 11.1. The first-order valence-electron chi connectivity index (χ1n) is 6.15. The first-order valence-corrected chi connectivity index (χ1v) is 7.28. The first kappa shape index (κ1) is 16.0. The summed E-state index contributed by atoms with van der Waals surface area (Å²) in [4.78, 5) is 12.1. The molecule has 0 fully saturated rings. The van der Waals surface area contributed by atoms with Crippen molar-refractivity contribution in [2.75, 3.05) is 5.32 Å². The molecular formula is C15H12Cl3NO2. The largest absolute Gasteiger partial charge is 0.479 e. The maximum Gasteiger partial charge on any atom is 0.265 e. The third-order valence-corrected chi connectivity index (χ3v) is 3.66. The Morgan fingerprint density at radius 2 is 1.57 bits per heavy atom. The van der Waals surface area contributed by atoms with E-state index in [1.807, 2.05) is 0 Å². The highest BCUT2D eigenvalue weighted by Gasteiger charge is 2.18. The number of hydrogen-bond acceptors (Lipinski definition) is 2. The fourth-order valence-electron chi connectivity index (χ4n) is 1.63. The number of hydrogen-bond donors (Lipinski definition) is 1. The Labute approximate surface area is 137 Å². The lowest BCUT2D eigenvalue weighted by atomic mass is 10.3. The van der Waals surface area contributed by atoms with Gasteiger partial charge in [-0.15, -0.1) is 0 Å². The van der Waals surface area contributed by atoms with Gasteiger partial charge in [0.15, 0.2) is 6.10 Å². The van der Waals surface area contributed by atoms with E-state index >= 15 is 0 Å². The van der Waals surface area contributed by atoms with Crippen molar-refractivity contribution in [2.24, 2.45) is 0 Å². The van der Waals surface area contributed by atoms with E-state index in [1.165, 1.54) is 0 Å². The van der Waals surface area contributed by atoms with Gasteiger partial charge in [-0.05, 0) is 31.2 Å². The molecule has 0 aromatic heterocycles. The van der Waals surface area contributed by atoms with E-state index in [-0.39, 0.29) is 5.91 Å². The monoisotopic (exact) mass is 343 g/mol. The Bertz CT molecular complexity index is 641. The van der Waals surface area contributed by atoms with Crippen molar-refractivity contribution in [3.8, 4) is 5.75 Å². The molecule has 2 rings (SSSR count). The fourth-order valence-corrected chi connectivity index (χ4v) is 2.30. The number of ether oxygens (including phenoxy) is 1. The molecule has 21 heavy (non-hydrogen) atoms. The molecule has 1 atom stereocenters. The normalized spacial score (nSPS) is 11.8. The predicted molar refractivity (Wildman–Crippen MR) is 86.6 cm³/mol. The summed E-state index contributed by atoms with van der Waals surface area (Å²) in [5, 5.41) is 3.81. The van der Waals surface area contributed by atoms with Crippen LogP contribution in [0.2, 0.25) is 15.1 Å². The van der Waals surface area contributed by atoms with Gasteiger partial charge in [0, 0.05) is 0 Å². The number of amides is 1. The number of anilines is 1. The van der Waals surface area contributed by atoms with Crippen LogP contribution in [-0.4, -0.2) is 12.0 Å². The molecule has 0 saturated carbocycles. The molecule has 0 unspecified atom stereocenters. The number of para-hydroxylation sites is 2. The molecule has 0 aliphatic heterocycles. The van der Waals surface area contributed by atoms with Crippen LogP contribution in [0.4, 0.5) is 5.69 Å². The minimum Gasteiger partial charge on any atom is -0.479 e. The van der Waals surface area contributed by atoms with Gasteiger partial charge in [0.05, 0.1) is 20.8 Å². The summed E-state index contributed by atoms with van der Waals surface area (Å²) in [6, 6.07) is 11.9. The minimum absolute atomic E-state index is 0.362. The van der Waals surface area contributed by atoms with E-state index in [0.29, 0.717) is 26.5 Å². The molecule has 0 spiro atoms. The SMILES string of the molecule is C[C@H](Oc1ccccc1Cl)C(=O)Nc1c(Cl)cccc1Cl. The van der Waals surface area contributed by atoms with E-state index in [9.17, 15) is 4.79 Å². The molecule has 6 heteroatoms. The summed E-state index contributed by atoms with van der Waals surface area (Å²) in [6.07, 6.45) is -0.753. The van der Waals surface area contributed by atoms with Crippen molar-refractivity contribution in [1.29, 1.82) is 0 Å². The van der Waals surface area contributed by atoms with E-state index in [2.05, 4.69) is 5.32 Å².